The highest BCUT2D eigenvalue weighted by Crippen LogP contribution is 2.38. The van der Waals surface area contributed by atoms with Gasteiger partial charge in [0.05, 0.1) is 29.3 Å². The molecule has 2 heterocycles. The highest BCUT2D eigenvalue weighted by Gasteiger charge is 2.47. The number of fused-ring (bicyclic) bond motifs is 2. The normalized spacial score (nSPS) is 21.6. The summed E-state index contributed by atoms with van der Waals surface area (Å²) in [6, 6.07) is 9.03. The summed E-state index contributed by atoms with van der Waals surface area (Å²) in [6.07, 6.45) is 3.14. The number of imide groups is 1. The minimum Gasteiger partial charge on any atom is -0.507 e. The predicted octanol–water partition coefficient (Wildman–Crippen LogP) is 2.46. The zero-order chi connectivity index (χ0) is 22.0. The summed E-state index contributed by atoms with van der Waals surface area (Å²) < 4.78 is 5.04. The number of esters is 1. The van der Waals surface area contributed by atoms with Crippen LogP contribution in [0.15, 0.2) is 30.0 Å². The number of para-hydroxylation sites is 2. The number of aliphatic hydroxyl groups is 1. The van der Waals surface area contributed by atoms with Crippen LogP contribution in [-0.2, 0) is 19.1 Å². The molecule has 1 aliphatic heterocycles. The minimum absolute atomic E-state index is 0.0390. The third kappa shape index (κ3) is 4.01. The van der Waals surface area contributed by atoms with E-state index in [2.05, 4.69) is 9.97 Å². The number of carbonyl (C=O) groups excluding carboxylic acids is 3. The molecule has 0 radical (unpaired) electrons. The Balaban J connectivity index is 1.35. The fourth-order valence-corrected chi connectivity index (χ4v) is 4.27. The molecule has 2 aromatic rings. The number of carbonyl (C=O) groups is 3. The Morgan fingerprint density at radius 1 is 1.23 bits per heavy atom. The van der Waals surface area contributed by atoms with Crippen LogP contribution < -0.4 is 0 Å². The molecule has 2 fully saturated rings. The van der Waals surface area contributed by atoms with Crippen molar-refractivity contribution in [2.24, 2.45) is 11.8 Å². The summed E-state index contributed by atoms with van der Waals surface area (Å²) in [5.41, 5.74) is 1.21. The van der Waals surface area contributed by atoms with Gasteiger partial charge in [-0.15, -0.1) is 0 Å². The Morgan fingerprint density at radius 3 is 2.55 bits per heavy atom. The maximum atomic E-state index is 12.4. The summed E-state index contributed by atoms with van der Waals surface area (Å²) in [7, 11) is 0. The number of likely N-dealkylation sites (tertiary alicyclic amines) is 1. The second-order valence-corrected chi connectivity index (χ2v) is 7.77. The monoisotopic (exact) mass is 422 g/mol. The van der Waals surface area contributed by atoms with E-state index in [1.54, 1.807) is 18.2 Å². The molecule has 2 N–H and O–H groups in total. The number of rotatable bonds is 6. The first-order valence-electron chi connectivity index (χ1n) is 10.3. The van der Waals surface area contributed by atoms with Gasteiger partial charge in [-0.3, -0.25) is 19.3 Å². The van der Waals surface area contributed by atoms with Crippen LogP contribution >= 0.6 is 0 Å². The van der Waals surface area contributed by atoms with Crippen LogP contribution in [0.3, 0.4) is 0 Å². The Bertz CT molecular complexity index is 1060. The van der Waals surface area contributed by atoms with E-state index in [9.17, 15) is 24.8 Å². The van der Waals surface area contributed by atoms with Crippen LogP contribution in [-0.4, -0.2) is 50.9 Å². The fourth-order valence-electron chi connectivity index (χ4n) is 4.27. The molecule has 0 spiro atoms. The molecule has 160 valence electrons. The minimum atomic E-state index is -0.677. The van der Waals surface area contributed by atoms with Crippen LogP contribution in [0.1, 0.15) is 37.9 Å². The number of nitriles is 1. The number of benzene rings is 1. The fraction of sp³-hybridized carbons (Fsp3) is 0.409. The van der Waals surface area contributed by atoms with Crippen molar-refractivity contribution < 1.29 is 24.2 Å². The third-order valence-corrected chi connectivity index (χ3v) is 5.87. The molecule has 0 bridgehead atoms. The lowest BCUT2D eigenvalue weighted by molar-refractivity contribution is -0.145. The average Bonchev–Trinajstić information content (AvgIpc) is 3.31. The first kappa shape index (κ1) is 20.6. The Kier molecular flexibility index (Phi) is 5.71. The molecule has 1 saturated carbocycles. The standard InChI is InChI=1S/C22H22N4O5/c23-11-15(20-24-16-7-3-4-8-17(16)25-20)18(27)12-31-19(28)9-10-26-21(29)13-5-1-2-6-14(13)22(26)30/h3-4,7-8,13-14,27H,1-2,5-6,9-10,12H2,(H,24,25)/t13-,14+. The quantitative estimate of drug-likeness (QED) is 0.316. The van der Waals surface area contributed by atoms with Crippen molar-refractivity contribution >= 4 is 34.4 Å². The molecule has 1 aromatic heterocycles. The molecule has 2 aliphatic rings. The zero-order valence-corrected chi connectivity index (χ0v) is 16.8. The first-order valence-corrected chi connectivity index (χ1v) is 10.3. The van der Waals surface area contributed by atoms with Crippen LogP contribution in [0, 0.1) is 23.2 Å². The van der Waals surface area contributed by atoms with Gasteiger partial charge in [-0.05, 0) is 25.0 Å². The number of aliphatic hydroxyl groups excluding tert-OH is 1. The number of imidazole rings is 1. The number of nitrogens with one attached hydrogen (secondary N) is 1. The molecule has 9 heteroatoms. The van der Waals surface area contributed by atoms with E-state index in [0.717, 1.165) is 17.7 Å². The van der Waals surface area contributed by atoms with Crippen molar-refractivity contribution in [3.05, 3.63) is 35.8 Å². The van der Waals surface area contributed by atoms with Gasteiger partial charge in [0.15, 0.2) is 11.6 Å². The number of aromatic nitrogens is 2. The smallest absolute Gasteiger partial charge is 0.308 e. The summed E-state index contributed by atoms with van der Waals surface area (Å²) in [5.74, 6) is -1.87. The highest BCUT2D eigenvalue weighted by atomic mass is 16.5. The second kappa shape index (κ2) is 8.60. The molecule has 2 atom stereocenters. The van der Waals surface area contributed by atoms with Gasteiger partial charge in [0.1, 0.15) is 18.2 Å². The van der Waals surface area contributed by atoms with E-state index in [1.807, 2.05) is 12.1 Å². The number of nitrogens with zero attached hydrogens (tertiary/aromatic N) is 3. The predicted molar refractivity (Wildman–Crippen MR) is 109 cm³/mol. The van der Waals surface area contributed by atoms with Gasteiger partial charge in [-0.1, -0.05) is 25.0 Å². The Hall–Kier alpha value is -3.67. The summed E-state index contributed by atoms with van der Waals surface area (Å²) in [5, 5.41) is 19.6. The van der Waals surface area contributed by atoms with Crippen molar-refractivity contribution in [2.45, 2.75) is 32.1 Å². The van der Waals surface area contributed by atoms with E-state index in [-0.39, 0.29) is 48.0 Å². The summed E-state index contributed by atoms with van der Waals surface area (Å²) in [6.45, 7) is -0.547. The topological polar surface area (TPSA) is 136 Å². The van der Waals surface area contributed by atoms with E-state index >= 15 is 0 Å². The lowest BCUT2D eigenvalue weighted by Crippen LogP contribution is -2.33. The molecular formula is C22H22N4O5. The van der Waals surface area contributed by atoms with Gasteiger partial charge >= 0.3 is 5.97 Å². The number of H-pyrrole nitrogens is 1. The lowest BCUT2D eigenvalue weighted by Gasteiger charge is -2.19. The van der Waals surface area contributed by atoms with Gasteiger partial charge in [-0.25, -0.2) is 4.98 Å². The molecule has 2 amide bonds. The van der Waals surface area contributed by atoms with Crippen molar-refractivity contribution in [1.82, 2.24) is 14.9 Å². The van der Waals surface area contributed by atoms with E-state index < -0.39 is 18.3 Å². The summed E-state index contributed by atoms with van der Waals surface area (Å²) in [4.78, 5) is 45.4. The van der Waals surface area contributed by atoms with Gasteiger partial charge in [-0.2, -0.15) is 5.26 Å². The average molecular weight is 422 g/mol. The molecule has 1 aromatic carbocycles. The number of allylic oxidation sites excluding steroid dienone is 1. The molecular weight excluding hydrogens is 400 g/mol. The summed E-state index contributed by atoms with van der Waals surface area (Å²) >= 11 is 0. The Labute approximate surface area is 178 Å². The number of amides is 2. The van der Waals surface area contributed by atoms with Gasteiger partial charge in [0, 0.05) is 6.54 Å². The number of aromatic amines is 1. The maximum Gasteiger partial charge on any atom is 0.308 e. The van der Waals surface area contributed by atoms with E-state index in [0.29, 0.717) is 23.9 Å². The van der Waals surface area contributed by atoms with Crippen LogP contribution in [0.5, 0.6) is 0 Å². The molecule has 1 aliphatic carbocycles. The SMILES string of the molecule is N#CC(=C(O)COC(=O)CCN1C(=O)[C@H]2CCCC[C@H]2C1=O)c1nc2ccccc2[nH]1. The van der Waals surface area contributed by atoms with E-state index in [1.165, 1.54) is 0 Å². The van der Waals surface area contributed by atoms with Gasteiger partial charge in [0.2, 0.25) is 11.8 Å². The number of hydrogen-bond acceptors (Lipinski definition) is 7. The van der Waals surface area contributed by atoms with Crippen molar-refractivity contribution in [3.8, 4) is 6.07 Å². The molecule has 4 rings (SSSR count). The molecule has 31 heavy (non-hydrogen) atoms. The molecule has 9 nitrogen and oxygen atoms in total. The molecule has 0 unspecified atom stereocenters. The maximum absolute atomic E-state index is 12.4. The van der Waals surface area contributed by atoms with Crippen molar-refractivity contribution in [2.75, 3.05) is 13.2 Å². The molecule has 1 saturated heterocycles. The van der Waals surface area contributed by atoms with Crippen molar-refractivity contribution in [3.63, 3.8) is 0 Å². The lowest BCUT2D eigenvalue weighted by atomic mass is 9.81. The Morgan fingerprint density at radius 2 is 1.90 bits per heavy atom. The number of ether oxygens (including phenoxy) is 1. The largest absolute Gasteiger partial charge is 0.507 e. The van der Waals surface area contributed by atoms with Crippen LogP contribution in [0.2, 0.25) is 0 Å². The van der Waals surface area contributed by atoms with E-state index in [4.69, 9.17) is 4.74 Å². The van der Waals surface area contributed by atoms with Crippen LogP contribution in [0.25, 0.3) is 16.6 Å². The second-order valence-electron chi connectivity index (χ2n) is 7.77. The zero-order valence-electron chi connectivity index (χ0n) is 16.8. The van der Waals surface area contributed by atoms with Gasteiger partial charge in [0.25, 0.3) is 0 Å². The van der Waals surface area contributed by atoms with Gasteiger partial charge < -0.3 is 14.8 Å². The van der Waals surface area contributed by atoms with Crippen LogP contribution in [0.4, 0.5) is 0 Å². The third-order valence-electron chi connectivity index (χ3n) is 5.87. The number of hydrogen-bond donors (Lipinski definition) is 2. The first-order chi connectivity index (χ1) is 15.0. The van der Waals surface area contributed by atoms with Crippen molar-refractivity contribution in [1.29, 1.82) is 5.26 Å². The highest BCUT2D eigenvalue weighted by molar-refractivity contribution is 6.05.